The maximum atomic E-state index is 11.9. The molecule has 1 heterocycles. The highest BCUT2D eigenvalue weighted by atomic mass is 79.9. The number of nitrogens with zero attached hydrogens (tertiary/aromatic N) is 1. The van der Waals surface area contributed by atoms with Crippen LogP contribution in [-0.4, -0.2) is 24.4 Å². The van der Waals surface area contributed by atoms with Crippen LogP contribution in [0.3, 0.4) is 0 Å². The fourth-order valence-corrected chi connectivity index (χ4v) is 2.88. The van der Waals surface area contributed by atoms with Crippen LogP contribution < -0.4 is 9.47 Å². The standard InChI is InChI=1S/C13H10BrNO5S/c1-19-10-3-2-8(15(17)18)6-11(10)20-7-9(16)12-4-5-13(14)21-12/h2-6H,7H2,1H3. The van der Waals surface area contributed by atoms with Gasteiger partial charge < -0.3 is 9.47 Å². The van der Waals surface area contributed by atoms with Gasteiger partial charge in [0.25, 0.3) is 5.69 Å². The lowest BCUT2D eigenvalue weighted by Crippen LogP contribution is -2.10. The molecule has 0 fully saturated rings. The Hall–Kier alpha value is -1.93. The number of thiophene rings is 1. The Balaban J connectivity index is 2.13. The monoisotopic (exact) mass is 371 g/mol. The average molecular weight is 372 g/mol. The van der Waals surface area contributed by atoms with Crippen LogP contribution in [0, 0.1) is 10.1 Å². The van der Waals surface area contributed by atoms with Crippen molar-refractivity contribution in [3.8, 4) is 11.5 Å². The second-order valence-electron chi connectivity index (χ2n) is 3.91. The first kappa shape index (κ1) is 15.5. The summed E-state index contributed by atoms with van der Waals surface area (Å²) in [6, 6.07) is 7.43. The third kappa shape index (κ3) is 3.79. The van der Waals surface area contributed by atoms with E-state index in [4.69, 9.17) is 9.47 Å². The number of non-ortho nitro benzene ring substituents is 1. The second-order valence-corrected chi connectivity index (χ2v) is 6.37. The Morgan fingerprint density at radius 3 is 2.67 bits per heavy atom. The predicted octanol–water partition coefficient (Wildman–Crippen LogP) is 3.69. The van der Waals surface area contributed by atoms with Crippen LogP contribution in [0.2, 0.25) is 0 Å². The van der Waals surface area contributed by atoms with Gasteiger partial charge in [-0.1, -0.05) is 0 Å². The van der Waals surface area contributed by atoms with Crippen molar-refractivity contribution in [2.24, 2.45) is 0 Å². The van der Waals surface area contributed by atoms with Gasteiger partial charge in [0, 0.05) is 6.07 Å². The highest BCUT2D eigenvalue weighted by Gasteiger charge is 2.15. The van der Waals surface area contributed by atoms with Crippen molar-refractivity contribution < 1.29 is 19.2 Å². The van der Waals surface area contributed by atoms with Gasteiger partial charge in [-0.3, -0.25) is 14.9 Å². The third-order valence-electron chi connectivity index (χ3n) is 2.56. The maximum absolute atomic E-state index is 11.9. The van der Waals surface area contributed by atoms with Crippen LogP contribution in [0.4, 0.5) is 5.69 Å². The minimum Gasteiger partial charge on any atom is -0.493 e. The summed E-state index contributed by atoms with van der Waals surface area (Å²) in [6.45, 7) is -0.218. The van der Waals surface area contributed by atoms with Gasteiger partial charge in [-0.2, -0.15) is 0 Å². The van der Waals surface area contributed by atoms with E-state index in [0.29, 0.717) is 10.6 Å². The van der Waals surface area contributed by atoms with Crippen molar-refractivity contribution in [2.45, 2.75) is 0 Å². The molecule has 0 N–H and O–H groups in total. The normalized spacial score (nSPS) is 10.2. The SMILES string of the molecule is COc1ccc([N+](=O)[O-])cc1OCC(=O)c1ccc(Br)s1. The first-order valence-electron chi connectivity index (χ1n) is 5.75. The van der Waals surface area contributed by atoms with E-state index in [1.807, 2.05) is 0 Å². The van der Waals surface area contributed by atoms with Gasteiger partial charge in [-0.25, -0.2) is 0 Å². The number of hydrogen-bond donors (Lipinski definition) is 0. The Morgan fingerprint density at radius 1 is 1.33 bits per heavy atom. The minimum absolute atomic E-state index is 0.128. The summed E-state index contributed by atoms with van der Waals surface area (Å²) in [7, 11) is 1.42. The van der Waals surface area contributed by atoms with Crippen LogP contribution in [0.1, 0.15) is 9.67 Å². The number of carbonyl (C=O) groups is 1. The van der Waals surface area contributed by atoms with Gasteiger partial charge in [0.15, 0.2) is 18.1 Å². The number of methoxy groups -OCH3 is 1. The summed E-state index contributed by atoms with van der Waals surface area (Å²) < 4.78 is 11.3. The molecule has 0 saturated heterocycles. The zero-order valence-corrected chi connectivity index (χ0v) is 13.3. The molecule has 6 nitrogen and oxygen atoms in total. The molecule has 0 spiro atoms. The Kier molecular flexibility index (Phi) is 4.92. The molecule has 110 valence electrons. The molecule has 1 aromatic heterocycles. The lowest BCUT2D eigenvalue weighted by atomic mass is 10.3. The molecule has 0 aliphatic carbocycles. The smallest absolute Gasteiger partial charge is 0.273 e. The lowest BCUT2D eigenvalue weighted by Gasteiger charge is -2.09. The molecule has 1 aromatic carbocycles. The van der Waals surface area contributed by atoms with E-state index >= 15 is 0 Å². The van der Waals surface area contributed by atoms with E-state index in [1.54, 1.807) is 12.1 Å². The van der Waals surface area contributed by atoms with Gasteiger partial charge in [0.05, 0.1) is 26.8 Å². The number of nitro groups is 1. The largest absolute Gasteiger partial charge is 0.493 e. The highest BCUT2D eigenvalue weighted by Crippen LogP contribution is 2.31. The maximum Gasteiger partial charge on any atom is 0.273 e. The number of nitro benzene ring substituents is 1. The molecule has 0 radical (unpaired) electrons. The van der Waals surface area contributed by atoms with Gasteiger partial charge in [0.2, 0.25) is 5.78 Å². The number of Topliss-reactive ketones (excluding diaryl/α,β-unsaturated/α-hetero) is 1. The molecule has 0 amide bonds. The fourth-order valence-electron chi connectivity index (χ4n) is 1.57. The number of carbonyl (C=O) groups excluding carboxylic acids is 1. The van der Waals surface area contributed by atoms with Crippen LogP contribution >= 0.6 is 27.3 Å². The molecule has 2 aromatic rings. The van der Waals surface area contributed by atoms with Gasteiger partial charge in [-0.05, 0) is 34.1 Å². The molecule has 0 bridgehead atoms. The van der Waals surface area contributed by atoms with Gasteiger partial charge >= 0.3 is 0 Å². The third-order valence-corrected chi connectivity index (χ3v) is 4.23. The predicted molar refractivity (Wildman–Crippen MR) is 81.5 cm³/mol. The van der Waals surface area contributed by atoms with Crippen molar-refractivity contribution in [1.82, 2.24) is 0 Å². The molecular formula is C13H10BrNO5S. The summed E-state index contributed by atoms with van der Waals surface area (Å²) in [5.41, 5.74) is -0.128. The molecule has 0 saturated carbocycles. The molecule has 0 atom stereocenters. The molecule has 2 rings (SSSR count). The van der Waals surface area contributed by atoms with E-state index < -0.39 is 4.92 Å². The Bertz CT molecular complexity index is 685. The highest BCUT2D eigenvalue weighted by molar-refractivity contribution is 9.11. The van der Waals surface area contributed by atoms with Crippen molar-refractivity contribution in [2.75, 3.05) is 13.7 Å². The van der Waals surface area contributed by atoms with E-state index in [1.165, 1.54) is 36.6 Å². The van der Waals surface area contributed by atoms with Gasteiger partial charge in [0.1, 0.15) is 0 Å². The molecular weight excluding hydrogens is 362 g/mol. The summed E-state index contributed by atoms with van der Waals surface area (Å²) in [4.78, 5) is 22.7. The fraction of sp³-hybridized carbons (Fsp3) is 0.154. The zero-order valence-electron chi connectivity index (χ0n) is 10.9. The van der Waals surface area contributed by atoms with Gasteiger partial charge in [-0.15, -0.1) is 11.3 Å². The number of halogens is 1. The number of hydrogen-bond acceptors (Lipinski definition) is 6. The van der Waals surface area contributed by atoms with Crippen molar-refractivity contribution in [1.29, 1.82) is 0 Å². The first-order chi connectivity index (χ1) is 10.0. The van der Waals surface area contributed by atoms with Crippen LogP contribution in [-0.2, 0) is 0 Å². The van der Waals surface area contributed by atoms with Crippen LogP contribution in [0.5, 0.6) is 11.5 Å². The molecule has 0 aliphatic rings. The van der Waals surface area contributed by atoms with E-state index in [-0.39, 0.29) is 23.8 Å². The molecule has 0 unspecified atom stereocenters. The molecule has 0 aliphatic heterocycles. The van der Waals surface area contributed by atoms with Crippen molar-refractivity contribution >= 4 is 38.7 Å². The summed E-state index contributed by atoms with van der Waals surface area (Å²) in [5.74, 6) is 0.288. The quantitative estimate of drug-likeness (QED) is 0.439. The Morgan fingerprint density at radius 2 is 2.10 bits per heavy atom. The Labute approximate surface area is 132 Å². The zero-order chi connectivity index (χ0) is 15.4. The molecule has 8 heteroatoms. The topological polar surface area (TPSA) is 78.7 Å². The van der Waals surface area contributed by atoms with Crippen molar-refractivity contribution in [3.63, 3.8) is 0 Å². The summed E-state index contributed by atoms with van der Waals surface area (Å²) in [6.07, 6.45) is 0. The van der Waals surface area contributed by atoms with Crippen molar-refractivity contribution in [3.05, 3.63) is 49.1 Å². The van der Waals surface area contributed by atoms with E-state index in [9.17, 15) is 14.9 Å². The van der Waals surface area contributed by atoms with Crippen LogP contribution in [0.25, 0.3) is 0 Å². The van der Waals surface area contributed by atoms with E-state index in [0.717, 1.165) is 3.79 Å². The number of ether oxygens (including phenoxy) is 2. The first-order valence-corrected chi connectivity index (χ1v) is 7.36. The lowest BCUT2D eigenvalue weighted by molar-refractivity contribution is -0.385. The summed E-state index contributed by atoms with van der Waals surface area (Å²) in [5, 5.41) is 10.8. The number of rotatable bonds is 6. The second kappa shape index (κ2) is 6.68. The van der Waals surface area contributed by atoms with E-state index in [2.05, 4.69) is 15.9 Å². The number of benzene rings is 1. The number of ketones is 1. The summed E-state index contributed by atoms with van der Waals surface area (Å²) >= 11 is 4.57. The van der Waals surface area contributed by atoms with Crippen LogP contribution in [0.15, 0.2) is 34.1 Å². The minimum atomic E-state index is -0.537. The molecule has 21 heavy (non-hydrogen) atoms. The average Bonchev–Trinajstić information content (AvgIpc) is 2.91.